The Morgan fingerprint density at radius 2 is 1.84 bits per heavy atom. The first kappa shape index (κ1) is 28.0. The molecule has 38 heavy (non-hydrogen) atoms. The summed E-state index contributed by atoms with van der Waals surface area (Å²) in [6.07, 6.45) is -2.53. The summed E-state index contributed by atoms with van der Waals surface area (Å²) in [6, 6.07) is 13.7. The molecule has 0 radical (unpaired) electrons. The van der Waals surface area contributed by atoms with Crippen molar-refractivity contribution in [2.24, 2.45) is 5.73 Å². The number of nitrogens with one attached hydrogen (secondary N) is 1. The van der Waals surface area contributed by atoms with Gasteiger partial charge in [0, 0.05) is 24.5 Å². The molecule has 1 saturated heterocycles. The molecule has 1 aliphatic rings. The maximum absolute atomic E-state index is 10.7. The molecule has 5 atom stereocenters. The molecule has 1 aliphatic heterocycles. The van der Waals surface area contributed by atoms with Gasteiger partial charge in [-0.1, -0.05) is 24.3 Å². The van der Waals surface area contributed by atoms with E-state index in [9.17, 15) is 25.2 Å². The van der Waals surface area contributed by atoms with Crippen LogP contribution in [0.5, 0.6) is 5.75 Å². The number of benzene rings is 2. The Balaban J connectivity index is 1.45. The lowest BCUT2D eigenvalue weighted by atomic mass is 9.98. The van der Waals surface area contributed by atoms with Crippen LogP contribution in [0.3, 0.4) is 0 Å². The second-order valence-electron chi connectivity index (χ2n) is 9.74. The minimum atomic E-state index is -1.45. The molecule has 0 unspecified atom stereocenters. The molecule has 0 bridgehead atoms. The third kappa shape index (κ3) is 6.35. The molecular weight excluding hydrogens is 490 g/mol. The Morgan fingerprint density at radius 3 is 2.55 bits per heavy atom. The molecule has 2 heterocycles. The van der Waals surface area contributed by atoms with Gasteiger partial charge in [-0.25, -0.2) is 0 Å². The molecule has 4 rings (SSSR count). The highest BCUT2D eigenvalue weighted by Gasteiger charge is 2.44. The molecule has 3 aromatic rings. The minimum absolute atomic E-state index is 0.317. The SMILES string of the molecule is Cc1cccc2c1c(Cc1ccc(OCCCNCCC(N)=O)cc1)cn2[C@@H]1O[C@H](CO)[C@@H](O)[C@H](O)[C@H]1O. The molecule has 1 fully saturated rings. The van der Waals surface area contributed by atoms with Gasteiger partial charge in [-0.2, -0.15) is 0 Å². The number of nitrogens with zero attached hydrogens (tertiary/aromatic N) is 1. The minimum Gasteiger partial charge on any atom is -0.494 e. The van der Waals surface area contributed by atoms with E-state index < -0.39 is 37.3 Å². The fraction of sp³-hybridized carbons (Fsp3) is 0.464. The molecule has 10 heteroatoms. The first-order chi connectivity index (χ1) is 18.3. The van der Waals surface area contributed by atoms with Crippen molar-refractivity contribution in [1.82, 2.24) is 9.88 Å². The summed E-state index contributed by atoms with van der Waals surface area (Å²) in [5.41, 5.74) is 9.10. The average Bonchev–Trinajstić information content (AvgIpc) is 3.27. The zero-order valence-corrected chi connectivity index (χ0v) is 21.5. The zero-order valence-electron chi connectivity index (χ0n) is 21.5. The van der Waals surface area contributed by atoms with Gasteiger partial charge >= 0.3 is 0 Å². The largest absolute Gasteiger partial charge is 0.494 e. The predicted molar refractivity (Wildman–Crippen MR) is 142 cm³/mol. The van der Waals surface area contributed by atoms with Crippen LogP contribution in [0.15, 0.2) is 48.7 Å². The number of primary amides is 1. The molecule has 1 aromatic heterocycles. The van der Waals surface area contributed by atoms with E-state index in [2.05, 4.69) is 5.32 Å². The van der Waals surface area contributed by atoms with Crippen LogP contribution in [-0.2, 0) is 16.0 Å². The van der Waals surface area contributed by atoms with E-state index in [-0.39, 0.29) is 5.91 Å². The van der Waals surface area contributed by atoms with E-state index in [0.717, 1.165) is 46.3 Å². The van der Waals surface area contributed by atoms with E-state index in [1.54, 1.807) is 4.57 Å². The molecule has 206 valence electrons. The first-order valence-electron chi connectivity index (χ1n) is 12.9. The van der Waals surface area contributed by atoms with Crippen molar-refractivity contribution in [3.05, 3.63) is 65.4 Å². The Bertz CT molecular complexity index is 1210. The van der Waals surface area contributed by atoms with Gasteiger partial charge in [0.25, 0.3) is 0 Å². The number of aliphatic hydroxyl groups excluding tert-OH is 4. The van der Waals surface area contributed by atoms with E-state index in [1.165, 1.54) is 0 Å². The molecule has 0 saturated carbocycles. The summed E-state index contributed by atoms with van der Waals surface area (Å²) < 4.78 is 13.4. The summed E-state index contributed by atoms with van der Waals surface area (Å²) in [5.74, 6) is 0.452. The molecule has 7 N–H and O–H groups in total. The number of amides is 1. The first-order valence-corrected chi connectivity index (χ1v) is 12.9. The number of fused-ring (bicyclic) bond motifs is 1. The second kappa shape index (κ2) is 12.7. The van der Waals surface area contributed by atoms with Crippen molar-refractivity contribution in [1.29, 1.82) is 0 Å². The van der Waals surface area contributed by atoms with Gasteiger partial charge < -0.3 is 45.5 Å². The number of aromatic nitrogens is 1. The van der Waals surface area contributed by atoms with Gasteiger partial charge in [0.15, 0.2) is 6.23 Å². The van der Waals surface area contributed by atoms with Crippen LogP contribution in [-0.4, -0.2) is 81.6 Å². The number of aliphatic hydroxyl groups is 4. The molecule has 0 spiro atoms. The van der Waals surface area contributed by atoms with Gasteiger partial charge in [-0.15, -0.1) is 0 Å². The van der Waals surface area contributed by atoms with E-state index in [4.69, 9.17) is 15.2 Å². The van der Waals surface area contributed by atoms with E-state index >= 15 is 0 Å². The normalized spacial score (nSPS) is 23.6. The second-order valence-corrected chi connectivity index (χ2v) is 9.74. The maximum atomic E-state index is 10.7. The fourth-order valence-electron chi connectivity index (χ4n) is 4.89. The van der Waals surface area contributed by atoms with Crippen molar-refractivity contribution in [2.45, 2.75) is 56.8 Å². The smallest absolute Gasteiger partial charge is 0.218 e. The van der Waals surface area contributed by atoms with Gasteiger partial charge in [-0.3, -0.25) is 4.79 Å². The van der Waals surface area contributed by atoms with Crippen molar-refractivity contribution >= 4 is 16.8 Å². The van der Waals surface area contributed by atoms with E-state index in [0.29, 0.717) is 26.0 Å². The standard InChI is InChI=1S/C28H37N3O7/c1-17-4-2-5-21-24(17)19(15-31(21)28-27(36)26(35)25(34)22(16-32)38-28)14-18-6-8-20(9-7-18)37-13-3-11-30-12-10-23(29)33/h2,4-9,15,22,25-28,30,32,34-36H,3,10-14,16H2,1H3,(H2,29,33)/t22-,25-,26+,27-,28-/m1/s1. The summed E-state index contributed by atoms with van der Waals surface area (Å²) in [4.78, 5) is 10.7. The summed E-state index contributed by atoms with van der Waals surface area (Å²) in [6.45, 7) is 3.39. The van der Waals surface area contributed by atoms with Crippen molar-refractivity contribution in [3.8, 4) is 5.75 Å². The molecule has 0 aliphatic carbocycles. The van der Waals surface area contributed by atoms with Crippen molar-refractivity contribution in [2.75, 3.05) is 26.3 Å². The third-order valence-corrected chi connectivity index (χ3v) is 6.92. The van der Waals surface area contributed by atoms with Crippen LogP contribution in [0.2, 0.25) is 0 Å². The predicted octanol–water partition coefficient (Wildman–Crippen LogP) is 0.747. The molecule has 10 nitrogen and oxygen atoms in total. The molecule has 1 amide bonds. The van der Waals surface area contributed by atoms with Gasteiger partial charge in [0.2, 0.25) is 5.91 Å². The van der Waals surface area contributed by atoms with Crippen molar-refractivity contribution in [3.63, 3.8) is 0 Å². The Labute approximate surface area is 221 Å². The van der Waals surface area contributed by atoms with E-state index in [1.807, 2.05) is 55.6 Å². The average molecular weight is 528 g/mol. The third-order valence-electron chi connectivity index (χ3n) is 6.92. The van der Waals surface area contributed by atoms with Crippen LogP contribution in [0.1, 0.15) is 35.8 Å². The van der Waals surface area contributed by atoms with Gasteiger partial charge in [0.05, 0.1) is 18.7 Å². The Hall–Kier alpha value is -2.99. The number of hydrogen-bond donors (Lipinski definition) is 6. The lowest BCUT2D eigenvalue weighted by Crippen LogP contribution is -2.56. The van der Waals surface area contributed by atoms with Gasteiger partial charge in [-0.05, 0) is 61.2 Å². The number of carbonyl (C=O) groups is 1. The maximum Gasteiger partial charge on any atom is 0.218 e. The number of aryl methyl sites for hydroxylation is 1. The van der Waals surface area contributed by atoms with Crippen molar-refractivity contribution < 1.29 is 34.7 Å². The molecular formula is C28H37N3O7. The van der Waals surface area contributed by atoms with Crippen LogP contribution < -0.4 is 15.8 Å². The summed E-state index contributed by atoms with van der Waals surface area (Å²) in [5, 5.41) is 45.0. The number of carbonyl (C=O) groups excluding carboxylic acids is 1. The lowest BCUT2D eigenvalue weighted by molar-refractivity contribution is -0.250. The lowest BCUT2D eigenvalue weighted by Gasteiger charge is -2.40. The summed E-state index contributed by atoms with van der Waals surface area (Å²) in [7, 11) is 0. The van der Waals surface area contributed by atoms with Crippen LogP contribution >= 0.6 is 0 Å². The van der Waals surface area contributed by atoms with Gasteiger partial charge in [0.1, 0.15) is 30.2 Å². The number of nitrogens with two attached hydrogens (primary N) is 1. The number of hydrogen-bond acceptors (Lipinski definition) is 8. The highest BCUT2D eigenvalue weighted by atomic mass is 16.6. The Kier molecular flexibility index (Phi) is 9.37. The monoisotopic (exact) mass is 527 g/mol. The zero-order chi connectivity index (χ0) is 27.2. The summed E-state index contributed by atoms with van der Waals surface area (Å²) >= 11 is 0. The number of rotatable bonds is 12. The van der Waals surface area contributed by atoms with Crippen LogP contribution in [0, 0.1) is 6.92 Å². The highest BCUT2D eigenvalue weighted by molar-refractivity contribution is 5.87. The van der Waals surface area contributed by atoms with Crippen LogP contribution in [0.4, 0.5) is 0 Å². The highest BCUT2D eigenvalue weighted by Crippen LogP contribution is 2.35. The topological polar surface area (TPSA) is 159 Å². The number of ether oxygens (including phenoxy) is 2. The van der Waals surface area contributed by atoms with Crippen LogP contribution in [0.25, 0.3) is 10.9 Å². The fourth-order valence-corrected chi connectivity index (χ4v) is 4.89. The molecule has 2 aromatic carbocycles. The quantitative estimate of drug-likeness (QED) is 0.188. The Morgan fingerprint density at radius 1 is 1.08 bits per heavy atom.